The summed E-state index contributed by atoms with van der Waals surface area (Å²) < 4.78 is 21.0. The lowest BCUT2D eigenvalue weighted by atomic mass is 10.1. The van der Waals surface area contributed by atoms with Crippen molar-refractivity contribution in [2.45, 2.75) is 19.3 Å². The van der Waals surface area contributed by atoms with Gasteiger partial charge in [0.2, 0.25) is 0 Å². The third-order valence-corrected chi connectivity index (χ3v) is 2.49. The largest absolute Gasteiger partial charge is 0.392 e. The summed E-state index contributed by atoms with van der Waals surface area (Å²) in [5.74, 6) is 0.0506. The molecule has 0 aliphatic heterocycles. The number of hydrogen-bond acceptors (Lipinski definition) is 3. The van der Waals surface area contributed by atoms with E-state index in [0.717, 1.165) is 16.7 Å². The van der Waals surface area contributed by atoms with E-state index in [1.54, 1.807) is 12.1 Å². The van der Waals surface area contributed by atoms with Crippen LogP contribution in [0.2, 0.25) is 0 Å². The third kappa shape index (κ3) is 2.82. The molecule has 3 nitrogen and oxygen atoms in total. The number of benzene rings is 1. The van der Waals surface area contributed by atoms with Crippen molar-refractivity contribution in [1.29, 1.82) is 0 Å². The Morgan fingerprint density at radius 3 is 2.62 bits per heavy atom. The highest BCUT2D eigenvalue weighted by atomic mass is 32.2. The number of aliphatic hydroxyl groups is 1. The summed E-state index contributed by atoms with van der Waals surface area (Å²) in [6.07, 6.45) is 0. The van der Waals surface area contributed by atoms with Crippen LogP contribution >= 0.6 is 0 Å². The van der Waals surface area contributed by atoms with Crippen LogP contribution in [0.3, 0.4) is 0 Å². The van der Waals surface area contributed by atoms with Gasteiger partial charge in [-0.25, -0.2) is 8.42 Å². The standard InChI is InChI=1S/C9H12O3S/c1-7-2-3-8(5-10)4-9(7)6-13(11)12/h2-4,10,13H,5-6H2,1H3. The second-order valence-corrected chi connectivity index (χ2v) is 3.89. The summed E-state index contributed by atoms with van der Waals surface area (Å²) >= 11 is 0. The fourth-order valence-electron chi connectivity index (χ4n) is 1.13. The Balaban J connectivity index is 3.03. The van der Waals surface area contributed by atoms with Crippen LogP contribution < -0.4 is 0 Å². The van der Waals surface area contributed by atoms with Gasteiger partial charge in [-0.1, -0.05) is 18.2 Å². The lowest BCUT2D eigenvalue weighted by molar-refractivity contribution is 0.281. The van der Waals surface area contributed by atoms with E-state index in [-0.39, 0.29) is 12.4 Å². The highest BCUT2D eigenvalue weighted by Crippen LogP contribution is 2.12. The summed E-state index contributed by atoms with van der Waals surface area (Å²) in [7, 11) is -2.39. The zero-order chi connectivity index (χ0) is 9.84. The Morgan fingerprint density at radius 1 is 1.38 bits per heavy atom. The molecule has 0 amide bonds. The zero-order valence-electron chi connectivity index (χ0n) is 7.36. The molecule has 0 unspecified atom stereocenters. The fourth-order valence-corrected chi connectivity index (χ4v) is 1.75. The summed E-state index contributed by atoms with van der Waals surface area (Å²) in [4.78, 5) is 0. The molecule has 0 atom stereocenters. The molecule has 0 fully saturated rings. The Labute approximate surface area is 79.0 Å². The van der Waals surface area contributed by atoms with Gasteiger partial charge in [-0.3, -0.25) is 0 Å². The van der Waals surface area contributed by atoms with E-state index in [4.69, 9.17) is 5.11 Å². The molecule has 0 radical (unpaired) electrons. The second kappa shape index (κ2) is 4.39. The highest BCUT2D eigenvalue weighted by Gasteiger charge is 2.00. The quantitative estimate of drug-likeness (QED) is 0.702. The zero-order valence-corrected chi connectivity index (χ0v) is 8.25. The first kappa shape index (κ1) is 10.2. The van der Waals surface area contributed by atoms with Crippen molar-refractivity contribution in [3.8, 4) is 0 Å². The van der Waals surface area contributed by atoms with Crippen molar-refractivity contribution in [2.24, 2.45) is 0 Å². The van der Waals surface area contributed by atoms with Crippen molar-refractivity contribution in [2.75, 3.05) is 0 Å². The summed E-state index contributed by atoms with van der Waals surface area (Å²) in [5.41, 5.74) is 2.46. The molecule has 1 rings (SSSR count). The van der Waals surface area contributed by atoms with Gasteiger partial charge in [0, 0.05) is 0 Å². The van der Waals surface area contributed by atoms with Gasteiger partial charge in [-0.05, 0) is 23.6 Å². The summed E-state index contributed by atoms with van der Waals surface area (Å²) in [6.45, 7) is 1.80. The Morgan fingerprint density at radius 2 is 2.08 bits per heavy atom. The molecule has 0 saturated carbocycles. The van der Waals surface area contributed by atoms with Gasteiger partial charge in [0.15, 0.2) is 0 Å². The SMILES string of the molecule is Cc1ccc(CO)cc1C[SH](=O)=O. The molecule has 4 heteroatoms. The maximum Gasteiger partial charge on any atom is 0.144 e. The average molecular weight is 200 g/mol. The summed E-state index contributed by atoms with van der Waals surface area (Å²) in [5, 5.41) is 8.84. The van der Waals surface area contributed by atoms with Gasteiger partial charge >= 0.3 is 0 Å². The lowest BCUT2D eigenvalue weighted by Crippen LogP contribution is -1.93. The van der Waals surface area contributed by atoms with Crippen LogP contribution in [-0.4, -0.2) is 13.5 Å². The van der Waals surface area contributed by atoms with Crippen LogP contribution in [-0.2, 0) is 23.1 Å². The van der Waals surface area contributed by atoms with Gasteiger partial charge in [0.25, 0.3) is 0 Å². The lowest BCUT2D eigenvalue weighted by Gasteiger charge is -2.03. The van der Waals surface area contributed by atoms with Gasteiger partial charge in [0.05, 0.1) is 12.4 Å². The number of hydrogen-bond donors (Lipinski definition) is 2. The molecule has 0 aromatic heterocycles. The molecule has 0 bridgehead atoms. The molecular weight excluding hydrogens is 188 g/mol. The predicted octanol–water partition coefficient (Wildman–Crippen LogP) is 0.599. The molecule has 1 aromatic carbocycles. The first-order valence-electron chi connectivity index (χ1n) is 3.94. The topological polar surface area (TPSA) is 54.4 Å². The van der Waals surface area contributed by atoms with Crippen molar-refractivity contribution in [1.82, 2.24) is 0 Å². The molecule has 0 spiro atoms. The van der Waals surface area contributed by atoms with Crippen molar-refractivity contribution >= 4 is 10.7 Å². The monoisotopic (exact) mass is 200 g/mol. The highest BCUT2D eigenvalue weighted by molar-refractivity contribution is 7.71. The predicted molar refractivity (Wildman–Crippen MR) is 51.1 cm³/mol. The van der Waals surface area contributed by atoms with Gasteiger partial charge < -0.3 is 5.11 Å². The molecule has 1 aromatic rings. The molecule has 0 aliphatic rings. The molecule has 0 heterocycles. The Hall–Kier alpha value is -0.870. The third-order valence-electron chi connectivity index (χ3n) is 1.90. The minimum absolute atomic E-state index is 0.0506. The Bertz CT molecular complexity index is 361. The number of aryl methyl sites for hydroxylation is 1. The van der Waals surface area contributed by atoms with Gasteiger partial charge in [0.1, 0.15) is 10.7 Å². The fraction of sp³-hybridized carbons (Fsp3) is 0.333. The van der Waals surface area contributed by atoms with Crippen molar-refractivity contribution in [3.05, 3.63) is 34.9 Å². The first-order valence-corrected chi connectivity index (χ1v) is 5.31. The van der Waals surface area contributed by atoms with Crippen LogP contribution in [0.5, 0.6) is 0 Å². The van der Waals surface area contributed by atoms with Crippen LogP contribution in [0.1, 0.15) is 16.7 Å². The van der Waals surface area contributed by atoms with Crippen molar-refractivity contribution in [3.63, 3.8) is 0 Å². The molecular formula is C9H12O3S. The summed E-state index contributed by atoms with van der Waals surface area (Å²) in [6, 6.07) is 5.33. The van der Waals surface area contributed by atoms with Crippen LogP contribution in [0.25, 0.3) is 0 Å². The molecule has 0 aliphatic carbocycles. The molecule has 0 saturated heterocycles. The van der Waals surface area contributed by atoms with E-state index in [1.165, 1.54) is 0 Å². The van der Waals surface area contributed by atoms with Crippen LogP contribution in [0, 0.1) is 6.92 Å². The van der Waals surface area contributed by atoms with Gasteiger partial charge in [-0.15, -0.1) is 0 Å². The number of aliphatic hydroxyl groups excluding tert-OH is 1. The van der Waals surface area contributed by atoms with E-state index >= 15 is 0 Å². The van der Waals surface area contributed by atoms with Crippen LogP contribution in [0.15, 0.2) is 18.2 Å². The van der Waals surface area contributed by atoms with E-state index < -0.39 is 10.7 Å². The van der Waals surface area contributed by atoms with Gasteiger partial charge in [-0.2, -0.15) is 0 Å². The maximum atomic E-state index is 10.5. The van der Waals surface area contributed by atoms with E-state index in [2.05, 4.69) is 0 Å². The Kier molecular flexibility index (Phi) is 3.45. The molecule has 1 N–H and O–H groups in total. The smallest absolute Gasteiger partial charge is 0.144 e. The van der Waals surface area contributed by atoms with Crippen LogP contribution in [0.4, 0.5) is 0 Å². The molecule has 13 heavy (non-hydrogen) atoms. The minimum Gasteiger partial charge on any atom is -0.392 e. The second-order valence-electron chi connectivity index (χ2n) is 2.91. The van der Waals surface area contributed by atoms with E-state index in [1.807, 2.05) is 13.0 Å². The number of thiol groups is 1. The van der Waals surface area contributed by atoms with E-state index in [9.17, 15) is 8.42 Å². The first-order chi connectivity index (χ1) is 6.13. The minimum atomic E-state index is -2.39. The number of rotatable bonds is 3. The van der Waals surface area contributed by atoms with Crippen molar-refractivity contribution < 1.29 is 13.5 Å². The van der Waals surface area contributed by atoms with E-state index in [0.29, 0.717) is 0 Å². The molecule has 72 valence electrons. The normalized spacial score (nSPS) is 10.7. The average Bonchev–Trinajstić information content (AvgIpc) is 2.08. The maximum absolute atomic E-state index is 10.5.